The second-order valence-corrected chi connectivity index (χ2v) is 7.79. The summed E-state index contributed by atoms with van der Waals surface area (Å²) in [6.07, 6.45) is 2.13. The number of benzene rings is 2. The minimum atomic E-state index is -0.140. The average Bonchev–Trinajstić information content (AvgIpc) is 3.15. The van der Waals surface area contributed by atoms with Crippen LogP contribution in [0.2, 0.25) is 0 Å². The molecule has 0 atom stereocenters. The summed E-state index contributed by atoms with van der Waals surface area (Å²) in [5.74, 6) is 1.41. The summed E-state index contributed by atoms with van der Waals surface area (Å²) in [6, 6.07) is 11.9. The first-order chi connectivity index (χ1) is 14.1. The van der Waals surface area contributed by atoms with Crippen molar-refractivity contribution < 1.29 is 19.0 Å². The molecule has 4 rings (SSSR count). The van der Waals surface area contributed by atoms with Crippen molar-refractivity contribution in [1.29, 1.82) is 0 Å². The highest BCUT2D eigenvalue weighted by molar-refractivity contribution is 7.16. The normalized spacial score (nSPS) is 12.0. The molecular formula is C22H22N2O4S. The van der Waals surface area contributed by atoms with E-state index in [0.717, 1.165) is 29.7 Å². The molecule has 6 nitrogen and oxygen atoms in total. The third-order valence-corrected chi connectivity index (χ3v) is 5.96. The molecular weight excluding hydrogens is 388 g/mol. The van der Waals surface area contributed by atoms with E-state index in [4.69, 9.17) is 14.2 Å². The lowest BCUT2D eigenvalue weighted by Crippen LogP contribution is -2.14. The van der Waals surface area contributed by atoms with E-state index in [0.29, 0.717) is 22.4 Å². The van der Waals surface area contributed by atoms with Crippen LogP contribution in [0.25, 0.3) is 11.3 Å². The molecule has 0 unspecified atom stereocenters. The van der Waals surface area contributed by atoms with Gasteiger partial charge in [-0.25, -0.2) is 4.98 Å². The Balaban J connectivity index is 1.53. The monoisotopic (exact) mass is 410 g/mol. The minimum Gasteiger partial charge on any atom is -0.493 e. The number of methoxy groups -OCH3 is 3. The van der Waals surface area contributed by atoms with Gasteiger partial charge in [-0.3, -0.25) is 4.79 Å². The van der Waals surface area contributed by atoms with E-state index in [1.165, 1.54) is 10.4 Å². The molecule has 3 aromatic rings. The zero-order valence-electron chi connectivity index (χ0n) is 16.6. The lowest BCUT2D eigenvalue weighted by Gasteiger charge is -2.14. The van der Waals surface area contributed by atoms with Crippen LogP contribution in [0.5, 0.6) is 17.2 Å². The molecule has 0 spiro atoms. The highest BCUT2D eigenvalue weighted by Gasteiger charge is 2.21. The van der Waals surface area contributed by atoms with E-state index < -0.39 is 0 Å². The Kier molecular flexibility index (Phi) is 5.40. The molecule has 0 saturated heterocycles. The fourth-order valence-corrected chi connectivity index (χ4v) is 4.58. The summed E-state index contributed by atoms with van der Waals surface area (Å²) in [7, 11) is 4.66. The molecule has 0 radical (unpaired) electrons. The van der Waals surface area contributed by atoms with Gasteiger partial charge in [-0.15, -0.1) is 11.3 Å². The van der Waals surface area contributed by atoms with Gasteiger partial charge < -0.3 is 19.5 Å². The summed E-state index contributed by atoms with van der Waals surface area (Å²) in [4.78, 5) is 18.5. The summed E-state index contributed by atoms with van der Waals surface area (Å²) < 4.78 is 16.1. The Morgan fingerprint density at radius 1 is 1.07 bits per heavy atom. The number of aryl methyl sites for hydroxylation is 2. The number of nitrogens with one attached hydrogen (secondary N) is 1. The molecule has 1 heterocycles. The second kappa shape index (κ2) is 8.13. The first-order valence-corrected chi connectivity index (χ1v) is 10.1. The standard InChI is InChI=1S/C22H22N2O4S/c1-26-16-10-13(11-17(27-2)21(16)28-3)12-19(25)23-22-24-20-15-7-5-4-6-14(15)8-9-18(20)29-22/h4-7,10-11H,8-9,12H2,1-3H3,(H,23,24,25). The van der Waals surface area contributed by atoms with E-state index in [1.807, 2.05) is 6.07 Å². The van der Waals surface area contributed by atoms with Crippen molar-refractivity contribution in [2.45, 2.75) is 19.3 Å². The number of hydrogen-bond donors (Lipinski definition) is 1. The van der Waals surface area contributed by atoms with Crippen molar-refractivity contribution in [1.82, 2.24) is 4.98 Å². The Hall–Kier alpha value is -3.06. The molecule has 1 aliphatic rings. The van der Waals surface area contributed by atoms with Crippen LogP contribution in [-0.4, -0.2) is 32.2 Å². The number of thiazole rings is 1. The van der Waals surface area contributed by atoms with Crippen molar-refractivity contribution >= 4 is 22.4 Å². The summed E-state index contributed by atoms with van der Waals surface area (Å²) in [5, 5.41) is 3.57. The summed E-state index contributed by atoms with van der Waals surface area (Å²) >= 11 is 1.55. The van der Waals surface area contributed by atoms with Gasteiger partial charge in [0.25, 0.3) is 0 Å². The van der Waals surface area contributed by atoms with E-state index in [-0.39, 0.29) is 12.3 Å². The number of carbonyl (C=O) groups excluding carboxylic acids is 1. The smallest absolute Gasteiger partial charge is 0.230 e. The molecule has 0 bridgehead atoms. The Bertz CT molecular complexity index is 1040. The SMILES string of the molecule is COc1cc(CC(=O)Nc2nc3c(s2)CCc2ccccc2-3)cc(OC)c1OC. The Labute approximate surface area is 173 Å². The van der Waals surface area contributed by atoms with Gasteiger partial charge in [0.1, 0.15) is 0 Å². The number of rotatable bonds is 6. The number of fused-ring (bicyclic) bond motifs is 3. The van der Waals surface area contributed by atoms with Gasteiger partial charge in [-0.05, 0) is 36.1 Å². The molecule has 0 aliphatic heterocycles. The van der Waals surface area contributed by atoms with Crippen molar-refractivity contribution in [3.8, 4) is 28.5 Å². The van der Waals surface area contributed by atoms with E-state index in [2.05, 4.69) is 28.5 Å². The van der Waals surface area contributed by atoms with Gasteiger partial charge >= 0.3 is 0 Å². The lowest BCUT2D eigenvalue weighted by atomic mass is 9.94. The fourth-order valence-electron chi connectivity index (χ4n) is 3.59. The van der Waals surface area contributed by atoms with Gasteiger partial charge in [0.05, 0.1) is 33.4 Å². The molecule has 29 heavy (non-hydrogen) atoms. The maximum atomic E-state index is 12.6. The van der Waals surface area contributed by atoms with Gasteiger partial charge in [0.15, 0.2) is 16.6 Å². The third-order valence-electron chi connectivity index (χ3n) is 4.93. The number of anilines is 1. The number of carbonyl (C=O) groups is 1. The Morgan fingerprint density at radius 3 is 2.48 bits per heavy atom. The third kappa shape index (κ3) is 3.78. The van der Waals surface area contributed by atoms with Gasteiger partial charge in [0.2, 0.25) is 11.7 Å². The van der Waals surface area contributed by atoms with Crippen LogP contribution >= 0.6 is 11.3 Å². The van der Waals surface area contributed by atoms with Crippen LogP contribution in [0.4, 0.5) is 5.13 Å². The molecule has 1 amide bonds. The maximum absolute atomic E-state index is 12.6. The van der Waals surface area contributed by atoms with Gasteiger partial charge in [0, 0.05) is 10.4 Å². The molecule has 2 aromatic carbocycles. The fraction of sp³-hybridized carbons (Fsp3) is 0.273. The summed E-state index contributed by atoms with van der Waals surface area (Å²) in [5.41, 5.74) is 4.22. The number of amides is 1. The predicted octanol–water partition coefficient (Wildman–Crippen LogP) is 4.12. The van der Waals surface area contributed by atoms with Crippen molar-refractivity contribution in [2.24, 2.45) is 0 Å². The van der Waals surface area contributed by atoms with Crippen LogP contribution in [0, 0.1) is 0 Å². The van der Waals surface area contributed by atoms with E-state index in [1.54, 1.807) is 44.8 Å². The molecule has 1 aromatic heterocycles. The van der Waals surface area contributed by atoms with Crippen LogP contribution in [0.15, 0.2) is 36.4 Å². The number of ether oxygens (including phenoxy) is 3. The molecule has 1 aliphatic carbocycles. The number of hydrogen-bond acceptors (Lipinski definition) is 6. The second-order valence-electron chi connectivity index (χ2n) is 6.71. The Morgan fingerprint density at radius 2 is 1.79 bits per heavy atom. The lowest BCUT2D eigenvalue weighted by molar-refractivity contribution is -0.115. The average molecular weight is 410 g/mol. The van der Waals surface area contributed by atoms with Gasteiger partial charge in [-0.1, -0.05) is 24.3 Å². The van der Waals surface area contributed by atoms with Crippen molar-refractivity contribution in [2.75, 3.05) is 26.6 Å². The first-order valence-electron chi connectivity index (χ1n) is 9.29. The van der Waals surface area contributed by atoms with Crippen molar-refractivity contribution in [3.63, 3.8) is 0 Å². The summed E-state index contributed by atoms with van der Waals surface area (Å²) in [6.45, 7) is 0. The number of aromatic nitrogens is 1. The highest BCUT2D eigenvalue weighted by Crippen LogP contribution is 2.39. The number of nitrogens with zero attached hydrogens (tertiary/aromatic N) is 1. The van der Waals surface area contributed by atoms with Gasteiger partial charge in [-0.2, -0.15) is 0 Å². The topological polar surface area (TPSA) is 69.7 Å². The molecule has 0 fully saturated rings. The van der Waals surface area contributed by atoms with Crippen LogP contribution in [0.1, 0.15) is 16.0 Å². The maximum Gasteiger partial charge on any atom is 0.230 e. The van der Waals surface area contributed by atoms with E-state index >= 15 is 0 Å². The highest BCUT2D eigenvalue weighted by atomic mass is 32.1. The molecule has 7 heteroatoms. The quantitative estimate of drug-likeness (QED) is 0.662. The van der Waals surface area contributed by atoms with Crippen LogP contribution in [-0.2, 0) is 24.1 Å². The van der Waals surface area contributed by atoms with Crippen LogP contribution < -0.4 is 19.5 Å². The first kappa shape index (κ1) is 19.3. The largest absolute Gasteiger partial charge is 0.493 e. The zero-order valence-corrected chi connectivity index (χ0v) is 17.4. The minimum absolute atomic E-state index is 0.140. The predicted molar refractivity (Wildman–Crippen MR) is 113 cm³/mol. The van der Waals surface area contributed by atoms with Crippen LogP contribution in [0.3, 0.4) is 0 Å². The van der Waals surface area contributed by atoms with E-state index in [9.17, 15) is 4.79 Å². The zero-order chi connectivity index (χ0) is 20.4. The molecule has 0 saturated carbocycles. The molecule has 150 valence electrons. The van der Waals surface area contributed by atoms with Crippen molar-refractivity contribution in [3.05, 3.63) is 52.4 Å². The molecule has 1 N–H and O–H groups in total.